The molecule has 1 aromatic carbocycles. The van der Waals surface area contributed by atoms with E-state index < -0.39 is 10.8 Å². The second-order valence-corrected chi connectivity index (χ2v) is 3.97. The van der Waals surface area contributed by atoms with Gasteiger partial charge < -0.3 is 5.32 Å². The van der Waals surface area contributed by atoms with E-state index in [4.69, 9.17) is 12.2 Å². The molecule has 0 unspecified atom stereocenters. The van der Waals surface area contributed by atoms with Crippen molar-refractivity contribution in [1.29, 1.82) is 0 Å². The Kier molecular flexibility index (Phi) is 5.62. The molecular formula is C12H13N3O3S. The van der Waals surface area contributed by atoms with Crippen LogP contribution in [0.25, 0.3) is 0 Å². The minimum Gasteiger partial charge on any atom is -0.362 e. The SMILES string of the molecule is C=CCCNC(=S)NC(=O)c1ccccc1[N+](=O)[O-]. The summed E-state index contributed by atoms with van der Waals surface area (Å²) in [6, 6.07) is 5.69. The quantitative estimate of drug-likeness (QED) is 0.282. The van der Waals surface area contributed by atoms with Gasteiger partial charge in [0, 0.05) is 12.6 Å². The Morgan fingerprint density at radius 2 is 2.16 bits per heavy atom. The number of amides is 1. The first kappa shape index (κ1) is 14.8. The van der Waals surface area contributed by atoms with Gasteiger partial charge in [0.25, 0.3) is 11.6 Å². The lowest BCUT2D eigenvalue weighted by molar-refractivity contribution is -0.385. The van der Waals surface area contributed by atoms with Gasteiger partial charge in [0.15, 0.2) is 5.11 Å². The van der Waals surface area contributed by atoms with Gasteiger partial charge in [-0.3, -0.25) is 20.2 Å². The molecule has 0 saturated heterocycles. The van der Waals surface area contributed by atoms with E-state index in [1.807, 2.05) is 0 Å². The Morgan fingerprint density at radius 1 is 1.47 bits per heavy atom. The van der Waals surface area contributed by atoms with Gasteiger partial charge in [0.1, 0.15) is 5.56 Å². The number of rotatable bonds is 5. The first-order chi connectivity index (χ1) is 9.06. The second kappa shape index (κ2) is 7.22. The van der Waals surface area contributed by atoms with E-state index >= 15 is 0 Å². The zero-order valence-electron chi connectivity index (χ0n) is 10.1. The van der Waals surface area contributed by atoms with Crippen LogP contribution in [-0.4, -0.2) is 22.5 Å². The lowest BCUT2D eigenvalue weighted by Crippen LogP contribution is -2.39. The molecule has 2 N–H and O–H groups in total. The van der Waals surface area contributed by atoms with Crippen molar-refractivity contribution >= 4 is 28.9 Å². The molecule has 0 heterocycles. The van der Waals surface area contributed by atoms with Crippen LogP contribution in [-0.2, 0) is 0 Å². The Labute approximate surface area is 115 Å². The molecule has 0 aromatic heterocycles. The molecule has 7 heteroatoms. The van der Waals surface area contributed by atoms with Crippen LogP contribution in [0, 0.1) is 10.1 Å². The van der Waals surface area contributed by atoms with Gasteiger partial charge >= 0.3 is 0 Å². The molecule has 1 rings (SSSR count). The van der Waals surface area contributed by atoms with Gasteiger partial charge in [-0.15, -0.1) is 6.58 Å². The number of para-hydroxylation sites is 1. The minimum atomic E-state index is -0.608. The summed E-state index contributed by atoms with van der Waals surface area (Å²) in [4.78, 5) is 22.0. The average Bonchev–Trinajstić information content (AvgIpc) is 2.39. The molecule has 19 heavy (non-hydrogen) atoms. The largest absolute Gasteiger partial charge is 0.362 e. The fourth-order valence-corrected chi connectivity index (χ4v) is 1.52. The van der Waals surface area contributed by atoms with Crippen molar-refractivity contribution in [3.63, 3.8) is 0 Å². The predicted molar refractivity (Wildman–Crippen MR) is 76.0 cm³/mol. The molecule has 0 saturated carbocycles. The van der Waals surface area contributed by atoms with Gasteiger partial charge in [0.05, 0.1) is 4.92 Å². The fourth-order valence-electron chi connectivity index (χ4n) is 1.33. The van der Waals surface area contributed by atoms with Crippen molar-refractivity contribution < 1.29 is 9.72 Å². The van der Waals surface area contributed by atoms with Crippen LogP contribution in [0.4, 0.5) is 5.69 Å². The number of hydrogen-bond acceptors (Lipinski definition) is 4. The highest BCUT2D eigenvalue weighted by molar-refractivity contribution is 7.80. The average molecular weight is 279 g/mol. The van der Waals surface area contributed by atoms with Crippen molar-refractivity contribution in [1.82, 2.24) is 10.6 Å². The molecule has 100 valence electrons. The Morgan fingerprint density at radius 3 is 2.79 bits per heavy atom. The number of nitro groups is 1. The molecule has 0 aliphatic carbocycles. The lowest BCUT2D eigenvalue weighted by Gasteiger charge is -2.08. The van der Waals surface area contributed by atoms with E-state index in [2.05, 4.69) is 17.2 Å². The Balaban J connectivity index is 2.70. The minimum absolute atomic E-state index is 0.0274. The van der Waals surface area contributed by atoms with Crippen LogP contribution in [0.2, 0.25) is 0 Å². The number of carbonyl (C=O) groups excluding carboxylic acids is 1. The maximum Gasteiger partial charge on any atom is 0.282 e. The molecule has 0 atom stereocenters. The molecule has 0 aliphatic heterocycles. The predicted octanol–water partition coefficient (Wildman–Crippen LogP) is 1.78. The van der Waals surface area contributed by atoms with E-state index in [1.165, 1.54) is 18.2 Å². The third kappa shape index (κ3) is 4.47. The summed E-state index contributed by atoms with van der Waals surface area (Å²) in [6.07, 6.45) is 2.40. The van der Waals surface area contributed by atoms with Crippen molar-refractivity contribution in [3.8, 4) is 0 Å². The highest BCUT2D eigenvalue weighted by Crippen LogP contribution is 2.17. The highest BCUT2D eigenvalue weighted by atomic mass is 32.1. The molecule has 1 amide bonds. The molecule has 6 nitrogen and oxygen atoms in total. The second-order valence-electron chi connectivity index (χ2n) is 3.56. The summed E-state index contributed by atoms with van der Waals surface area (Å²) in [5, 5.41) is 16.1. The highest BCUT2D eigenvalue weighted by Gasteiger charge is 2.19. The number of carbonyl (C=O) groups is 1. The van der Waals surface area contributed by atoms with Crippen molar-refractivity contribution in [2.45, 2.75) is 6.42 Å². The summed E-state index contributed by atoms with van der Waals surface area (Å²) < 4.78 is 0. The number of thiocarbonyl (C=S) groups is 1. The Hall–Kier alpha value is -2.28. The first-order valence-electron chi connectivity index (χ1n) is 5.49. The standard InChI is InChI=1S/C12H13N3O3S/c1-2-3-8-13-12(19)14-11(16)9-6-4-5-7-10(9)15(17)18/h2,4-7H,1,3,8H2,(H2,13,14,16,19). The van der Waals surface area contributed by atoms with Crippen LogP contribution in [0.1, 0.15) is 16.8 Å². The van der Waals surface area contributed by atoms with Crippen LogP contribution in [0.5, 0.6) is 0 Å². The molecular weight excluding hydrogens is 266 g/mol. The molecule has 0 radical (unpaired) electrons. The third-order valence-electron chi connectivity index (χ3n) is 2.21. The molecule has 0 bridgehead atoms. The number of nitrogens with one attached hydrogen (secondary N) is 2. The maximum absolute atomic E-state index is 11.8. The van der Waals surface area contributed by atoms with E-state index in [0.29, 0.717) is 13.0 Å². The van der Waals surface area contributed by atoms with Crippen molar-refractivity contribution in [3.05, 3.63) is 52.6 Å². The normalized spacial score (nSPS) is 9.47. The monoisotopic (exact) mass is 279 g/mol. The van der Waals surface area contributed by atoms with E-state index in [-0.39, 0.29) is 16.4 Å². The fraction of sp³-hybridized carbons (Fsp3) is 0.167. The van der Waals surface area contributed by atoms with Crippen LogP contribution in [0.15, 0.2) is 36.9 Å². The molecule has 1 aromatic rings. The molecule has 0 spiro atoms. The number of nitrogens with zero attached hydrogens (tertiary/aromatic N) is 1. The Bertz CT molecular complexity index is 517. The van der Waals surface area contributed by atoms with E-state index in [0.717, 1.165) is 0 Å². The lowest BCUT2D eigenvalue weighted by atomic mass is 10.1. The van der Waals surface area contributed by atoms with E-state index in [1.54, 1.807) is 12.1 Å². The smallest absolute Gasteiger partial charge is 0.282 e. The molecule has 0 fully saturated rings. The summed E-state index contributed by atoms with van der Waals surface area (Å²) in [5.41, 5.74) is -0.283. The zero-order valence-corrected chi connectivity index (χ0v) is 10.9. The van der Waals surface area contributed by atoms with Crippen molar-refractivity contribution in [2.75, 3.05) is 6.54 Å². The first-order valence-corrected chi connectivity index (χ1v) is 5.90. The van der Waals surface area contributed by atoms with Gasteiger partial charge in [-0.1, -0.05) is 18.2 Å². The van der Waals surface area contributed by atoms with Crippen LogP contribution < -0.4 is 10.6 Å². The molecule has 0 aliphatic rings. The third-order valence-corrected chi connectivity index (χ3v) is 2.45. The summed E-state index contributed by atoms with van der Waals surface area (Å²) in [6.45, 7) is 4.09. The number of hydrogen-bond donors (Lipinski definition) is 2. The number of benzene rings is 1. The van der Waals surface area contributed by atoms with Crippen LogP contribution in [0.3, 0.4) is 0 Å². The van der Waals surface area contributed by atoms with Gasteiger partial charge in [-0.2, -0.15) is 0 Å². The summed E-state index contributed by atoms with van der Waals surface area (Å²) in [7, 11) is 0. The van der Waals surface area contributed by atoms with Crippen molar-refractivity contribution in [2.24, 2.45) is 0 Å². The number of nitro benzene ring substituents is 1. The van der Waals surface area contributed by atoms with Gasteiger partial charge in [-0.05, 0) is 24.7 Å². The van der Waals surface area contributed by atoms with Gasteiger partial charge in [0.2, 0.25) is 0 Å². The summed E-state index contributed by atoms with van der Waals surface area (Å²) in [5.74, 6) is -0.608. The summed E-state index contributed by atoms with van der Waals surface area (Å²) >= 11 is 4.91. The maximum atomic E-state index is 11.8. The van der Waals surface area contributed by atoms with E-state index in [9.17, 15) is 14.9 Å². The van der Waals surface area contributed by atoms with Gasteiger partial charge in [-0.25, -0.2) is 0 Å². The zero-order chi connectivity index (χ0) is 14.3. The van der Waals surface area contributed by atoms with Crippen LogP contribution >= 0.6 is 12.2 Å². The topological polar surface area (TPSA) is 84.3 Å².